The number of amides is 1. The summed E-state index contributed by atoms with van der Waals surface area (Å²) in [6.07, 6.45) is 0. The summed E-state index contributed by atoms with van der Waals surface area (Å²) < 4.78 is 0. The summed E-state index contributed by atoms with van der Waals surface area (Å²) in [5.41, 5.74) is 3.14. The largest absolute Gasteiger partial charge is 0.340 e. The van der Waals surface area contributed by atoms with Crippen LogP contribution in [0, 0.1) is 6.92 Å². The van der Waals surface area contributed by atoms with Crippen LogP contribution in [0.3, 0.4) is 0 Å². The van der Waals surface area contributed by atoms with E-state index in [0.717, 1.165) is 22.8 Å². The first-order valence-electron chi connectivity index (χ1n) is 8.01. The van der Waals surface area contributed by atoms with Crippen LogP contribution >= 0.6 is 11.6 Å². The molecule has 0 aliphatic heterocycles. The van der Waals surface area contributed by atoms with E-state index in [1.165, 1.54) is 6.92 Å². The monoisotopic (exact) mass is 367 g/mol. The summed E-state index contributed by atoms with van der Waals surface area (Å²) in [6, 6.07) is 16.6. The molecule has 2 aromatic carbocycles. The van der Waals surface area contributed by atoms with Gasteiger partial charge in [0.25, 0.3) is 0 Å². The molecule has 0 fully saturated rings. The number of aryl methyl sites for hydroxylation is 1. The third kappa shape index (κ3) is 4.70. The molecular weight excluding hydrogens is 350 g/mol. The van der Waals surface area contributed by atoms with Gasteiger partial charge in [0.2, 0.25) is 11.9 Å². The van der Waals surface area contributed by atoms with Crippen LogP contribution in [0.4, 0.5) is 28.8 Å². The number of carbonyl (C=O) groups excluding carboxylic acids is 1. The molecule has 0 saturated carbocycles. The number of carbonyl (C=O) groups is 1. The maximum absolute atomic E-state index is 11.1. The van der Waals surface area contributed by atoms with Crippen LogP contribution in [-0.4, -0.2) is 15.9 Å². The summed E-state index contributed by atoms with van der Waals surface area (Å²) in [5.74, 6) is 1.00. The zero-order valence-corrected chi connectivity index (χ0v) is 15.1. The van der Waals surface area contributed by atoms with Crippen molar-refractivity contribution in [1.29, 1.82) is 0 Å². The fourth-order valence-electron chi connectivity index (χ4n) is 2.36. The summed E-state index contributed by atoms with van der Waals surface area (Å²) >= 11 is 6.17. The van der Waals surface area contributed by atoms with E-state index in [2.05, 4.69) is 25.9 Å². The molecule has 0 atom stereocenters. The molecule has 26 heavy (non-hydrogen) atoms. The highest BCUT2D eigenvalue weighted by Gasteiger charge is 2.06. The second-order valence-electron chi connectivity index (χ2n) is 5.71. The fraction of sp³-hybridized carbons (Fsp3) is 0.105. The number of nitrogens with zero attached hydrogens (tertiary/aromatic N) is 2. The maximum atomic E-state index is 11.1. The summed E-state index contributed by atoms with van der Waals surface area (Å²) in [4.78, 5) is 19.9. The van der Waals surface area contributed by atoms with Crippen LogP contribution in [0.1, 0.15) is 12.6 Å². The van der Waals surface area contributed by atoms with Gasteiger partial charge in [-0.1, -0.05) is 23.7 Å². The van der Waals surface area contributed by atoms with Gasteiger partial charge in [-0.15, -0.1) is 0 Å². The molecule has 0 aliphatic rings. The van der Waals surface area contributed by atoms with Crippen LogP contribution < -0.4 is 16.0 Å². The molecule has 0 unspecified atom stereocenters. The van der Waals surface area contributed by atoms with Crippen molar-refractivity contribution < 1.29 is 4.79 Å². The Hall–Kier alpha value is -3.12. The van der Waals surface area contributed by atoms with Crippen molar-refractivity contribution in [3.05, 3.63) is 65.3 Å². The summed E-state index contributed by atoms with van der Waals surface area (Å²) in [6.45, 7) is 3.37. The molecule has 132 valence electrons. The van der Waals surface area contributed by atoms with Gasteiger partial charge in [0.05, 0.1) is 10.7 Å². The van der Waals surface area contributed by atoms with Crippen molar-refractivity contribution in [3.63, 3.8) is 0 Å². The lowest BCUT2D eigenvalue weighted by molar-refractivity contribution is -0.114. The van der Waals surface area contributed by atoms with Gasteiger partial charge in [-0.25, -0.2) is 4.98 Å². The maximum Gasteiger partial charge on any atom is 0.229 e. The van der Waals surface area contributed by atoms with Gasteiger partial charge in [0.1, 0.15) is 5.82 Å². The zero-order chi connectivity index (χ0) is 18.5. The SMILES string of the molecule is CC(=O)Nc1ccc(Nc2cc(C)nc(Nc3ccccc3Cl)n2)cc1. The smallest absolute Gasteiger partial charge is 0.229 e. The zero-order valence-electron chi connectivity index (χ0n) is 14.4. The minimum absolute atomic E-state index is 0.104. The van der Waals surface area contributed by atoms with E-state index in [4.69, 9.17) is 11.6 Å². The van der Waals surface area contributed by atoms with E-state index in [-0.39, 0.29) is 5.91 Å². The summed E-state index contributed by atoms with van der Waals surface area (Å²) in [7, 11) is 0. The fourth-order valence-corrected chi connectivity index (χ4v) is 2.54. The number of hydrogen-bond donors (Lipinski definition) is 3. The van der Waals surface area contributed by atoms with Crippen LogP contribution in [0.15, 0.2) is 54.6 Å². The Kier molecular flexibility index (Phi) is 5.34. The molecule has 0 radical (unpaired) electrons. The average molecular weight is 368 g/mol. The normalized spacial score (nSPS) is 10.3. The van der Waals surface area contributed by atoms with E-state index in [0.29, 0.717) is 16.8 Å². The van der Waals surface area contributed by atoms with E-state index in [1.54, 1.807) is 6.07 Å². The van der Waals surface area contributed by atoms with Crippen molar-refractivity contribution in [2.24, 2.45) is 0 Å². The highest BCUT2D eigenvalue weighted by atomic mass is 35.5. The first-order valence-corrected chi connectivity index (χ1v) is 8.39. The van der Waals surface area contributed by atoms with Crippen molar-refractivity contribution in [3.8, 4) is 0 Å². The molecule has 7 heteroatoms. The highest BCUT2D eigenvalue weighted by Crippen LogP contribution is 2.25. The lowest BCUT2D eigenvalue weighted by atomic mass is 10.2. The Bertz CT molecular complexity index is 927. The molecule has 1 aromatic heterocycles. The topological polar surface area (TPSA) is 78.9 Å². The summed E-state index contributed by atoms with van der Waals surface area (Å²) in [5, 5.41) is 9.69. The van der Waals surface area contributed by atoms with E-state index in [9.17, 15) is 4.79 Å². The molecule has 1 heterocycles. The van der Waals surface area contributed by atoms with Gasteiger partial charge < -0.3 is 16.0 Å². The number of aromatic nitrogens is 2. The third-order valence-electron chi connectivity index (χ3n) is 3.45. The number of para-hydroxylation sites is 1. The molecule has 0 spiro atoms. The number of anilines is 5. The van der Waals surface area contributed by atoms with Gasteiger partial charge in [-0.3, -0.25) is 4.79 Å². The molecule has 6 nitrogen and oxygen atoms in total. The lowest BCUT2D eigenvalue weighted by Gasteiger charge is -2.11. The third-order valence-corrected chi connectivity index (χ3v) is 3.78. The van der Waals surface area contributed by atoms with E-state index >= 15 is 0 Å². The standard InChI is InChI=1S/C19H18ClN5O/c1-12-11-18(23-15-9-7-14(8-10-15)22-13(2)26)25-19(21-12)24-17-6-4-3-5-16(17)20/h3-11H,1-2H3,(H,22,26)(H2,21,23,24,25). The van der Waals surface area contributed by atoms with Crippen molar-refractivity contribution >= 4 is 46.3 Å². The molecule has 1 amide bonds. The number of rotatable bonds is 5. The quantitative estimate of drug-likeness (QED) is 0.598. The predicted octanol–water partition coefficient (Wildman–Crippen LogP) is 4.88. The number of halogens is 1. The van der Waals surface area contributed by atoms with E-state index in [1.807, 2.05) is 55.5 Å². The van der Waals surface area contributed by atoms with Gasteiger partial charge in [-0.2, -0.15) is 4.98 Å². The van der Waals surface area contributed by atoms with Gasteiger partial charge in [-0.05, 0) is 43.3 Å². The first kappa shape index (κ1) is 17.7. The second-order valence-corrected chi connectivity index (χ2v) is 6.11. The number of hydrogen-bond acceptors (Lipinski definition) is 5. The van der Waals surface area contributed by atoms with Crippen molar-refractivity contribution in [1.82, 2.24) is 9.97 Å². The number of benzene rings is 2. The first-order chi connectivity index (χ1) is 12.5. The van der Waals surface area contributed by atoms with Crippen LogP contribution in [-0.2, 0) is 4.79 Å². The molecule has 0 saturated heterocycles. The van der Waals surface area contributed by atoms with Gasteiger partial charge in [0.15, 0.2) is 0 Å². The average Bonchev–Trinajstić information content (AvgIpc) is 2.58. The molecule has 0 bridgehead atoms. The second kappa shape index (κ2) is 7.84. The van der Waals surface area contributed by atoms with Gasteiger partial charge in [0, 0.05) is 30.1 Å². The Balaban J connectivity index is 1.77. The Morgan fingerprint density at radius 2 is 1.65 bits per heavy atom. The van der Waals surface area contributed by atoms with Crippen LogP contribution in [0.25, 0.3) is 0 Å². The van der Waals surface area contributed by atoms with Crippen LogP contribution in [0.2, 0.25) is 5.02 Å². The predicted molar refractivity (Wildman–Crippen MR) is 106 cm³/mol. The van der Waals surface area contributed by atoms with E-state index < -0.39 is 0 Å². The molecule has 3 rings (SSSR count). The number of nitrogens with one attached hydrogen (secondary N) is 3. The molecule has 0 aliphatic carbocycles. The minimum Gasteiger partial charge on any atom is -0.340 e. The molecule has 3 aromatic rings. The lowest BCUT2D eigenvalue weighted by Crippen LogP contribution is -2.05. The Morgan fingerprint density at radius 3 is 2.35 bits per heavy atom. The Labute approximate surface area is 156 Å². The van der Waals surface area contributed by atoms with Crippen molar-refractivity contribution in [2.75, 3.05) is 16.0 Å². The molecule has 3 N–H and O–H groups in total. The molecular formula is C19H18ClN5O. The Morgan fingerprint density at radius 1 is 0.962 bits per heavy atom. The minimum atomic E-state index is -0.104. The van der Waals surface area contributed by atoms with Crippen LogP contribution in [0.5, 0.6) is 0 Å². The van der Waals surface area contributed by atoms with Crippen molar-refractivity contribution in [2.45, 2.75) is 13.8 Å². The highest BCUT2D eigenvalue weighted by molar-refractivity contribution is 6.33. The van der Waals surface area contributed by atoms with Gasteiger partial charge >= 0.3 is 0 Å².